The van der Waals surface area contributed by atoms with Crippen molar-refractivity contribution >= 4 is 46.3 Å². The largest absolute Gasteiger partial charge is 0.495 e. The molecule has 4 nitrogen and oxygen atoms in total. The first-order valence-corrected chi connectivity index (χ1v) is 10.5. The molecule has 0 aliphatic carbocycles. The molecular weight excluding hydrogens is 400 g/mol. The Kier molecular flexibility index (Phi) is 6.77. The highest BCUT2D eigenvalue weighted by Crippen LogP contribution is 2.28. The van der Waals surface area contributed by atoms with Gasteiger partial charge in [0.15, 0.2) is 0 Å². The summed E-state index contributed by atoms with van der Waals surface area (Å²) in [7, 11) is 1.59. The van der Waals surface area contributed by atoms with Gasteiger partial charge < -0.3 is 10.1 Å². The monoisotopic (exact) mass is 418 g/mol. The average Bonchev–Trinajstić information content (AvgIpc) is 3.10. The molecule has 7 heteroatoms. The third kappa shape index (κ3) is 5.73. The van der Waals surface area contributed by atoms with Crippen molar-refractivity contribution in [3.05, 3.63) is 69.7 Å². The van der Waals surface area contributed by atoms with Crippen LogP contribution in [0.5, 0.6) is 5.75 Å². The van der Waals surface area contributed by atoms with Crippen molar-refractivity contribution in [1.82, 2.24) is 4.98 Å². The number of anilines is 1. The molecule has 0 fully saturated rings. The Balaban J connectivity index is 1.55. The third-order valence-electron chi connectivity index (χ3n) is 3.78. The normalized spacial score (nSPS) is 10.6. The number of rotatable bonds is 7. The molecule has 0 aliphatic rings. The summed E-state index contributed by atoms with van der Waals surface area (Å²) in [5, 5.41) is 5.55. The molecule has 1 amide bonds. The highest BCUT2D eigenvalue weighted by atomic mass is 35.5. The molecule has 0 bridgehead atoms. The SMILES string of the molecule is COc1cc(C)ccc1NC(=O)Cc1csc(SCc2ccc(Cl)cc2)n1. The van der Waals surface area contributed by atoms with E-state index in [0.29, 0.717) is 11.4 Å². The molecule has 140 valence electrons. The molecule has 0 atom stereocenters. The van der Waals surface area contributed by atoms with Gasteiger partial charge in [0.1, 0.15) is 10.1 Å². The van der Waals surface area contributed by atoms with Gasteiger partial charge in [0.2, 0.25) is 5.91 Å². The molecule has 1 heterocycles. The summed E-state index contributed by atoms with van der Waals surface area (Å²) in [6.07, 6.45) is 0.231. The number of aromatic nitrogens is 1. The van der Waals surface area contributed by atoms with E-state index in [0.717, 1.165) is 26.4 Å². The summed E-state index contributed by atoms with van der Waals surface area (Å²) in [6.45, 7) is 1.98. The van der Waals surface area contributed by atoms with E-state index < -0.39 is 0 Å². The van der Waals surface area contributed by atoms with Gasteiger partial charge in [-0.15, -0.1) is 11.3 Å². The number of carbonyl (C=O) groups excluding carboxylic acids is 1. The van der Waals surface area contributed by atoms with Crippen molar-refractivity contribution in [2.75, 3.05) is 12.4 Å². The van der Waals surface area contributed by atoms with E-state index in [1.165, 1.54) is 5.56 Å². The van der Waals surface area contributed by atoms with Crippen LogP contribution in [0.15, 0.2) is 52.2 Å². The number of ether oxygens (including phenoxy) is 1. The fourth-order valence-electron chi connectivity index (χ4n) is 2.42. The van der Waals surface area contributed by atoms with Gasteiger partial charge in [-0.1, -0.05) is 41.6 Å². The number of amides is 1. The highest BCUT2D eigenvalue weighted by Gasteiger charge is 2.11. The maximum absolute atomic E-state index is 12.3. The van der Waals surface area contributed by atoms with Crippen LogP contribution >= 0.6 is 34.7 Å². The Morgan fingerprint density at radius 1 is 1.26 bits per heavy atom. The van der Waals surface area contributed by atoms with Gasteiger partial charge in [-0.05, 0) is 42.3 Å². The predicted octanol–water partition coefficient (Wildman–Crippen LogP) is 5.59. The van der Waals surface area contributed by atoms with E-state index in [9.17, 15) is 4.79 Å². The first-order chi connectivity index (χ1) is 13.0. The fourth-order valence-corrected chi connectivity index (χ4v) is 4.35. The van der Waals surface area contributed by atoms with Crippen LogP contribution in [0.4, 0.5) is 5.69 Å². The quantitative estimate of drug-likeness (QED) is 0.508. The number of halogens is 1. The second-order valence-electron chi connectivity index (χ2n) is 5.95. The van der Waals surface area contributed by atoms with E-state index >= 15 is 0 Å². The Morgan fingerprint density at radius 3 is 2.78 bits per heavy atom. The molecular formula is C20H19ClN2O2S2. The number of carbonyl (C=O) groups is 1. The zero-order valence-electron chi connectivity index (χ0n) is 15.0. The molecule has 3 rings (SSSR count). The zero-order valence-corrected chi connectivity index (χ0v) is 17.4. The van der Waals surface area contributed by atoms with E-state index in [1.807, 2.05) is 54.8 Å². The van der Waals surface area contributed by atoms with Crippen LogP contribution < -0.4 is 10.1 Å². The highest BCUT2D eigenvalue weighted by molar-refractivity contribution is 8.00. The number of hydrogen-bond acceptors (Lipinski definition) is 5. The number of benzene rings is 2. The molecule has 0 radical (unpaired) electrons. The minimum Gasteiger partial charge on any atom is -0.495 e. The van der Waals surface area contributed by atoms with E-state index in [4.69, 9.17) is 16.3 Å². The molecule has 0 spiro atoms. The Hall–Kier alpha value is -2.02. The van der Waals surface area contributed by atoms with Gasteiger partial charge in [-0.25, -0.2) is 4.98 Å². The Labute approximate surface area is 171 Å². The van der Waals surface area contributed by atoms with Gasteiger partial charge >= 0.3 is 0 Å². The van der Waals surface area contributed by atoms with Crippen molar-refractivity contribution in [2.24, 2.45) is 0 Å². The van der Waals surface area contributed by atoms with Crippen LogP contribution in [0.3, 0.4) is 0 Å². The van der Waals surface area contributed by atoms with Crippen molar-refractivity contribution < 1.29 is 9.53 Å². The molecule has 1 aromatic heterocycles. The van der Waals surface area contributed by atoms with Gasteiger partial charge in [-0.3, -0.25) is 4.79 Å². The molecule has 0 aliphatic heterocycles. The van der Waals surface area contributed by atoms with Gasteiger partial charge in [0.25, 0.3) is 0 Å². The summed E-state index contributed by atoms with van der Waals surface area (Å²) in [4.78, 5) is 16.9. The summed E-state index contributed by atoms with van der Waals surface area (Å²) < 4.78 is 6.27. The van der Waals surface area contributed by atoms with Crippen LogP contribution in [0.2, 0.25) is 5.02 Å². The molecule has 2 aromatic carbocycles. The van der Waals surface area contributed by atoms with Gasteiger partial charge in [0, 0.05) is 16.2 Å². The number of nitrogens with zero attached hydrogens (tertiary/aromatic N) is 1. The van der Waals surface area contributed by atoms with Gasteiger partial charge in [0.05, 0.1) is 24.9 Å². The summed E-state index contributed by atoms with van der Waals surface area (Å²) in [6, 6.07) is 13.5. The molecule has 1 N–H and O–H groups in total. The molecule has 0 saturated heterocycles. The molecule has 27 heavy (non-hydrogen) atoms. The van der Waals surface area contributed by atoms with Crippen LogP contribution in [0.25, 0.3) is 0 Å². The second kappa shape index (κ2) is 9.26. The van der Waals surface area contributed by atoms with Crippen molar-refractivity contribution in [1.29, 1.82) is 0 Å². The van der Waals surface area contributed by atoms with Crippen molar-refractivity contribution in [3.63, 3.8) is 0 Å². The first kappa shape index (κ1) is 19.7. The smallest absolute Gasteiger partial charge is 0.230 e. The minimum absolute atomic E-state index is 0.114. The lowest BCUT2D eigenvalue weighted by atomic mass is 10.2. The molecule has 0 saturated carbocycles. The first-order valence-electron chi connectivity index (χ1n) is 8.29. The zero-order chi connectivity index (χ0) is 19.2. The van der Waals surface area contributed by atoms with Crippen LogP contribution in [-0.4, -0.2) is 18.0 Å². The molecule has 3 aromatic rings. The van der Waals surface area contributed by atoms with Crippen molar-refractivity contribution in [2.45, 2.75) is 23.4 Å². The van der Waals surface area contributed by atoms with E-state index in [2.05, 4.69) is 10.3 Å². The fraction of sp³-hybridized carbons (Fsp3) is 0.200. The average molecular weight is 419 g/mol. The number of nitrogens with one attached hydrogen (secondary N) is 1. The number of thiazole rings is 1. The number of thioether (sulfide) groups is 1. The maximum atomic E-state index is 12.3. The standard InChI is InChI=1S/C20H19ClN2O2S2/c1-13-3-8-17(18(9-13)25-2)23-19(24)10-16-12-27-20(22-16)26-11-14-4-6-15(21)7-5-14/h3-9,12H,10-11H2,1-2H3,(H,23,24). The van der Waals surface area contributed by atoms with Crippen molar-refractivity contribution in [3.8, 4) is 5.75 Å². The Morgan fingerprint density at radius 2 is 2.04 bits per heavy atom. The minimum atomic E-state index is -0.114. The summed E-state index contributed by atoms with van der Waals surface area (Å²) in [5.74, 6) is 1.36. The lowest BCUT2D eigenvalue weighted by Crippen LogP contribution is -2.15. The lowest BCUT2D eigenvalue weighted by molar-refractivity contribution is -0.115. The van der Waals surface area contributed by atoms with E-state index in [-0.39, 0.29) is 12.3 Å². The summed E-state index contributed by atoms with van der Waals surface area (Å²) >= 11 is 9.11. The maximum Gasteiger partial charge on any atom is 0.230 e. The van der Waals surface area contributed by atoms with Crippen LogP contribution in [-0.2, 0) is 17.0 Å². The second-order valence-corrected chi connectivity index (χ2v) is 8.47. The van der Waals surface area contributed by atoms with Crippen LogP contribution in [0, 0.1) is 6.92 Å². The van der Waals surface area contributed by atoms with E-state index in [1.54, 1.807) is 30.2 Å². The Bertz CT molecular complexity index is 926. The number of aryl methyl sites for hydroxylation is 1. The third-order valence-corrected chi connectivity index (χ3v) is 6.17. The van der Waals surface area contributed by atoms with Crippen LogP contribution in [0.1, 0.15) is 16.8 Å². The molecule has 0 unspecified atom stereocenters. The predicted molar refractivity (Wildman–Crippen MR) is 113 cm³/mol. The lowest BCUT2D eigenvalue weighted by Gasteiger charge is -2.10. The number of methoxy groups -OCH3 is 1. The summed E-state index contributed by atoms with van der Waals surface area (Å²) in [5.41, 5.74) is 3.69. The topological polar surface area (TPSA) is 51.2 Å². The number of hydrogen-bond donors (Lipinski definition) is 1. The van der Waals surface area contributed by atoms with Gasteiger partial charge in [-0.2, -0.15) is 0 Å².